The van der Waals surface area contributed by atoms with Gasteiger partial charge in [-0.05, 0) is 37.3 Å². The number of rotatable bonds is 3. The first-order valence-corrected chi connectivity index (χ1v) is 5.30. The van der Waals surface area contributed by atoms with E-state index in [1.807, 2.05) is 6.92 Å². The molecule has 0 aromatic rings. The van der Waals surface area contributed by atoms with Gasteiger partial charge < -0.3 is 5.11 Å². The zero-order valence-electron chi connectivity index (χ0n) is 9.01. The molecule has 0 heterocycles. The Kier molecular flexibility index (Phi) is 3.75. The number of allylic oxidation sites excluding steroid dienone is 3. The van der Waals surface area contributed by atoms with E-state index in [1.165, 1.54) is 5.57 Å². The summed E-state index contributed by atoms with van der Waals surface area (Å²) >= 11 is 5.65. The number of hydrogen-bond acceptors (Lipinski definition) is 1. The van der Waals surface area contributed by atoms with Crippen molar-refractivity contribution in [3.8, 4) is 0 Å². The summed E-state index contributed by atoms with van der Waals surface area (Å²) in [6, 6.07) is 0. The lowest BCUT2D eigenvalue weighted by atomic mass is 10.0. The number of hydrogen-bond donors (Lipinski definition) is 1. The van der Waals surface area contributed by atoms with Crippen LogP contribution in [0.2, 0.25) is 0 Å². The molecule has 1 N–H and O–H groups in total. The maximum atomic E-state index is 10.9. The maximum Gasteiger partial charge on any atom is 0.337 e. The van der Waals surface area contributed by atoms with Crippen molar-refractivity contribution in [2.24, 2.45) is 5.92 Å². The molecule has 0 spiro atoms. The van der Waals surface area contributed by atoms with E-state index in [9.17, 15) is 4.79 Å². The van der Waals surface area contributed by atoms with Crippen LogP contribution in [0.3, 0.4) is 0 Å². The third-order valence-electron chi connectivity index (χ3n) is 2.80. The van der Waals surface area contributed by atoms with Gasteiger partial charge in [0.25, 0.3) is 0 Å². The molecule has 82 valence electrons. The van der Waals surface area contributed by atoms with Gasteiger partial charge in [-0.3, -0.25) is 0 Å². The molecule has 0 unspecified atom stereocenters. The van der Waals surface area contributed by atoms with Crippen molar-refractivity contribution in [2.45, 2.75) is 26.7 Å². The fourth-order valence-corrected chi connectivity index (χ4v) is 1.97. The second-order valence-corrected chi connectivity index (χ2v) is 4.40. The summed E-state index contributed by atoms with van der Waals surface area (Å²) < 4.78 is 0. The predicted octanol–water partition coefficient (Wildman–Crippen LogP) is 3.50. The number of carbonyl (C=O) groups is 1. The van der Waals surface area contributed by atoms with Gasteiger partial charge in [-0.15, -0.1) is 0 Å². The number of carboxylic acids is 1. The molecule has 0 aromatic carbocycles. The van der Waals surface area contributed by atoms with Crippen molar-refractivity contribution >= 4 is 17.6 Å². The first kappa shape index (κ1) is 12.1. The van der Waals surface area contributed by atoms with Crippen molar-refractivity contribution < 1.29 is 9.90 Å². The van der Waals surface area contributed by atoms with Crippen LogP contribution in [0, 0.1) is 5.92 Å². The van der Waals surface area contributed by atoms with Crippen LogP contribution < -0.4 is 0 Å². The zero-order valence-corrected chi connectivity index (χ0v) is 9.77. The molecule has 0 bridgehead atoms. The number of aliphatic carboxylic acids is 1. The van der Waals surface area contributed by atoms with Gasteiger partial charge in [0.2, 0.25) is 0 Å². The summed E-state index contributed by atoms with van der Waals surface area (Å²) in [5.74, 6) is -0.607. The van der Waals surface area contributed by atoms with E-state index in [-0.39, 0.29) is 10.6 Å². The highest BCUT2D eigenvalue weighted by Crippen LogP contribution is 2.33. The van der Waals surface area contributed by atoms with Crippen LogP contribution >= 0.6 is 11.6 Å². The molecule has 1 aliphatic carbocycles. The first-order chi connectivity index (χ1) is 6.93. The Morgan fingerprint density at radius 3 is 2.60 bits per heavy atom. The van der Waals surface area contributed by atoms with Crippen LogP contribution in [0.25, 0.3) is 0 Å². The molecule has 0 saturated heterocycles. The van der Waals surface area contributed by atoms with Gasteiger partial charge in [-0.2, -0.15) is 0 Å². The Hall–Kier alpha value is -1.02. The van der Waals surface area contributed by atoms with Gasteiger partial charge in [-0.25, -0.2) is 4.79 Å². The quantitative estimate of drug-likeness (QED) is 0.591. The van der Waals surface area contributed by atoms with E-state index >= 15 is 0 Å². The number of carboxylic acid groups (broad SMARTS) is 1. The minimum Gasteiger partial charge on any atom is -0.478 e. The molecule has 1 atom stereocenters. The molecule has 1 rings (SSSR count). The lowest BCUT2D eigenvalue weighted by Gasteiger charge is -2.07. The molecule has 0 fully saturated rings. The Bertz CT molecular complexity index is 348. The zero-order chi connectivity index (χ0) is 11.6. The molecule has 0 aromatic heterocycles. The molecule has 1 aliphatic rings. The predicted molar refractivity (Wildman–Crippen MR) is 61.8 cm³/mol. The van der Waals surface area contributed by atoms with Crippen molar-refractivity contribution in [3.63, 3.8) is 0 Å². The van der Waals surface area contributed by atoms with Gasteiger partial charge in [0.15, 0.2) is 0 Å². The Morgan fingerprint density at radius 1 is 1.67 bits per heavy atom. The highest BCUT2D eigenvalue weighted by Gasteiger charge is 2.20. The van der Waals surface area contributed by atoms with E-state index in [0.717, 1.165) is 18.4 Å². The van der Waals surface area contributed by atoms with E-state index in [0.29, 0.717) is 5.92 Å². The maximum absolute atomic E-state index is 10.9. The van der Waals surface area contributed by atoms with Crippen LogP contribution in [-0.2, 0) is 4.79 Å². The Morgan fingerprint density at radius 2 is 2.27 bits per heavy atom. The van der Waals surface area contributed by atoms with Gasteiger partial charge in [0.1, 0.15) is 0 Å². The third-order valence-corrected chi connectivity index (χ3v) is 3.00. The Balaban J connectivity index is 3.08. The van der Waals surface area contributed by atoms with E-state index < -0.39 is 5.97 Å². The minimum atomic E-state index is -1.02. The van der Waals surface area contributed by atoms with E-state index in [1.54, 1.807) is 6.08 Å². The second-order valence-electron chi connectivity index (χ2n) is 3.94. The lowest BCUT2D eigenvalue weighted by Crippen LogP contribution is -2.02. The topological polar surface area (TPSA) is 37.3 Å². The van der Waals surface area contributed by atoms with Gasteiger partial charge in [0, 0.05) is 5.03 Å². The second kappa shape index (κ2) is 4.67. The monoisotopic (exact) mass is 226 g/mol. The molecule has 3 heteroatoms. The van der Waals surface area contributed by atoms with Crippen LogP contribution in [0.15, 0.2) is 34.4 Å². The summed E-state index contributed by atoms with van der Waals surface area (Å²) in [5.41, 5.74) is 2.44. The highest BCUT2D eigenvalue weighted by molar-refractivity contribution is 6.34. The average molecular weight is 227 g/mol. The molecule has 2 nitrogen and oxygen atoms in total. The van der Waals surface area contributed by atoms with Gasteiger partial charge in [0.05, 0.1) is 5.57 Å². The van der Waals surface area contributed by atoms with Crippen molar-refractivity contribution in [2.75, 3.05) is 0 Å². The largest absolute Gasteiger partial charge is 0.478 e. The standard InChI is InChI=1S/C12H15ClO2/c1-7-4-5-8(2)10(7)6-11(9(3)13)12(14)15/h6-7H,3-5H2,1-2H3,(H,14,15)/b11-6+/t7-/m0/s1. The smallest absolute Gasteiger partial charge is 0.337 e. The molecular weight excluding hydrogens is 212 g/mol. The molecule has 0 radical (unpaired) electrons. The van der Waals surface area contributed by atoms with E-state index in [2.05, 4.69) is 13.5 Å². The molecule has 15 heavy (non-hydrogen) atoms. The normalized spacial score (nSPS) is 22.1. The number of halogens is 1. The van der Waals surface area contributed by atoms with Crippen LogP contribution in [0.4, 0.5) is 0 Å². The summed E-state index contributed by atoms with van der Waals surface area (Å²) in [7, 11) is 0. The lowest BCUT2D eigenvalue weighted by molar-refractivity contribution is -0.132. The minimum absolute atomic E-state index is 0.0851. The van der Waals surface area contributed by atoms with Crippen molar-refractivity contribution in [1.82, 2.24) is 0 Å². The van der Waals surface area contributed by atoms with Gasteiger partial charge in [-0.1, -0.05) is 30.7 Å². The SMILES string of the molecule is C=C(Cl)/C(=C\C1=C(C)CC[C@@H]1C)C(=O)O. The summed E-state index contributed by atoms with van der Waals surface area (Å²) in [6.07, 6.45) is 3.78. The fraction of sp³-hybridized carbons (Fsp3) is 0.417. The fourth-order valence-electron chi connectivity index (χ4n) is 1.83. The van der Waals surface area contributed by atoms with Crippen LogP contribution in [-0.4, -0.2) is 11.1 Å². The first-order valence-electron chi connectivity index (χ1n) is 4.93. The average Bonchev–Trinajstić information content (AvgIpc) is 2.42. The van der Waals surface area contributed by atoms with Crippen LogP contribution in [0.1, 0.15) is 26.7 Å². The Labute approximate surface area is 94.9 Å². The van der Waals surface area contributed by atoms with E-state index in [4.69, 9.17) is 16.7 Å². The van der Waals surface area contributed by atoms with Crippen molar-refractivity contribution in [3.05, 3.63) is 34.4 Å². The molecular formula is C12H15ClO2. The molecule has 0 amide bonds. The van der Waals surface area contributed by atoms with Gasteiger partial charge >= 0.3 is 5.97 Å². The molecule has 0 aliphatic heterocycles. The summed E-state index contributed by atoms with van der Waals surface area (Å²) in [5, 5.41) is 9.03. The van der Waals surface area contributed by atoms with Crippen LogP contribution in [0.5, 0.6) is 0 Å². The summed E-state index contributed by atoms with van der Waals surface area (Å²) in [4.78, 5) is 10.9. The highest BCUT2D eigenvalue weighted by atomic mass is 35.5. The van der Waals surface area contributed by atoms with Crippen molar-refractivity contribution in [1.29, 1.82) is 0 Å². The molecule has 0 saturated carbocycles. The third kappa shape index (κ3) is 2.72. The summed E-state index contributed by atoms with van der Waals surface area (Å²) in [6.45, 7) is 7.59.